The number of nitrogens with one attached hydrogen (secondary N) is 1. The van der Waals surface area contributed by atoms with Crippen molar-refractivity contribution in [1.82, 2.24) is 24.8 Å². The molecule has 2 aromatic rings. The van der Waals surface area contributed by atoms with Gasteiger partial charge in [0.05, 0.1) is 6.04 Å². The maximum atomic E-state index is 12.5. The molecule has 3 rings (SSSR count). The van der Waals surface area contributed by atoms with E-state index in [1.54, 1.807) is 18.7 Å². The van der Waals surface area contributed by atoms with Crippen LogP contribution < -0.4 is 5.32 Å². The summed E-state index contributed by atoms with van der Waals surface area (Å²) in [6.45, 7) is 1.47. The third kappa shape index (κ3) is 3.76. The Labute approximate surface area is 136 Å². The van der Waals surface area contributed by atoms with Crippen LogP contribution in [0.5, 0.6) is 0 Å². The Morgan fingerprint density at radius 2 is 2.26 bits per heavy atom. The number of amides is 1. The molecule has 0 radical (unpaired) electrons. The van der Waals surface area contributed by atoms with Crippen molar-refractivity contribution >= 4 is 5.91 Å². The number of nitrogens with zero attached hydrogens (tertiary/aromatic N) is 4. The first kappa shape index (κ1) is 15.7. The average molecular weight is 313 g/mol. The molecule has 0 aromatic carbocycles. The van der Waals surface area contributed by atoms with E-state index in [4.69, 9.17) is 0 Å². The maximum absolute atomic E-state index is 12.5. The Kier molecular flexibility index (Phi) is 5.02. The summed E-state index contributed by atoms with van der Waals surface area (Å²) in [6.07, 6.45) is 11.5. The van der Waals surface area contributed by atoms with Gasteiger partial charge < -0.3 is 5.32 Å². The van der Waals surface area contributed by atoms with Crippen molar-refractivity contribution in [3.8, 4) is 5.82 Å². The maximum Gasteiger partial charge on any atom is 0.237 e. The zero-order valence-corrected chi connectivity index (χ0v) is 13.5. The van der Waals surface area contributed by atoms with Crippen LogP contribution in [-0.2, 0) is 11.3 Å². The van der Waals surface area contributed by atoms with Crippen LogP contribution in [0.2, 0.25) is 0 Å². The lowest BCUT2D eigenvalue weighted by atomic mass is 10.1. The molecule has 0 spiro atoms. The largest absolute Gasteiger partial charge is 0.351 e. The predicted octanol–water partition coefficient (Wildman–Crippen LogP) is 1.76. The summed E-state index contributed by atoms with van der Waals surface area (Å²) in [5, 5.41) is 3.07. The van der Waals surface area contributed by atoms with Gasteiger partial charge in [-0.25, -0.2) is 9.97 Å². The lowest BCUT2D eigenvalue weighted by Gasteiger charge is -2.24. The van der Waals surface area contributed by atoms with E-state index in [1.165, 1.54) is 12.8 Å². The van der Waals surface area contributed by atoms with Crippen molar-refractivity contribution in [3.63, 3.8) is 0 Å². The van der Waals surface area contributed by atoms with Gasteiger partial charge in [-0.05, 0) is 32.5 Å². The monoisotopic (exact) mass is 313 g/mol. The summed E-state index contributed by atoms with van der Waals surface area (Å²) in [6, 6.07) is 3.85. The smallest absolute Gasteiger partial charge is 0.237 e. The highest BCUT2D eigenvalue weighted by molar-refractivity contribution is 5.81. The summed E-state index contributed by atoms with van der Waals surface area (Å²) in [4.78, 5) is 23.2. The molecule has 3 heterocycles. The Balaban J connectivity index is 1.67. The Morgan fingerprint density at radius 3 is 3.09 bits per heavy atom. The fraction of sp³-hybridized carbons (Fsp3) is 0.471. The highest BCUT2D eigenvalue weighted by atomic mass is 16.2. The van der Waals surface area contributed by atoms with Crippen molar-refractivity contribution in [2.24, 2.45) is 0 Å². The molecule has 23 heavy (non-hydrogen) atoms. The molecule has 6 heteroatoms. The predicted molar refractivity (Wildman–Crippen MR) is 88.1 cm³/mol. The van der Waals surface area contributed by atoms with Gasteiger partial charge >= 0.3 is 0 Å². The van der Waals surface area contributed by atoms with Crippen LogP contribution in [0.3, 0.4) is 0 Å². The summed E-state index contributed by atoms with van der Waals surface area (Å²) >= 11 is 0. The second kappa shape index (κ2) is 7.37. The summed E-state index contributed by atoms with van der Waals surface area (Å²) < 4.78 is 1.86. The van der Waals surface area contributed by atoms with Gasteiger partial charge in [-0.2, -0.15) is 0 Å². The molecule has 0 bridgehead atoms. The number of likely N-dealkylation sites (tertiary alicyclic amines) is 1. The minimum Gasteiger partial charge on any atom is -0.351 e. The van der Waals surface area contributed by atoms with Crippen LogP contribution in [0.4, 0.5) is 0 Å². The Hall–Kier alpha value is -2.21. The topological polar surface area (TPSA) is 63.1 Å². The first-order valence-electron chi connectivity index (χ1n) is 8.16. The minimum absolute atomic E-state index is 0.0223. The standard InChI is InChI=1S/C17H23N5O/c1-21-10-4-2-3-7-15(21)17(23)20-12-14-6-5-8-19-16(14)22-11-9-18-13-22/h5-6,8-9,11,13,15H,2-4,7,10,12H2,1H3,(H,20,23)/t15-/m0/s1. The second-order valence-corrected chi connectivity index (χ2v) is 6.02. The van der Waals surface area contributed by atoms with Crippen LogP contribution in [0, 0.1) is 0 Å². The zero-order chi connectivity index (χ0) is 16.1. The number of carbonyl (C=O) groups is 1. The van der Waals surface area contributed by atoms with Gasteiger partial charge in [0.25, 0.3) is 0 Å². The van der Waals surface area contributed by atoms with Crippen molar-refractivity contribution in [2.75, 3.05) is 13.6 Å². The molecule has 0 aliphatic carbocycles. The number of hydrogen-bond donors (Lipinski definition) is 1. The van der Waals surface area contributed by atoms with Crippen LogP contribution in [0.1, 0.15) is 31.2 Å². The highest BCUT2D eigenvalue weighted by Crippen LogP contribution is 2.16. The quantitative estimate of drug-likeness (QED) is 0.934. The normalized spacial score (nSPS) is 19.3. The van der Waals surface area contributed by atoms with Gasteiger partial charge in [0.15, 0.2) is 0 Å². The van der Waals surface area contributed by atoms with Crippen LogP contribution in [-0.4, -0.2) is 45.0 Å². The van der Waals surface area contributed by atoms with Crippen molar-refractivity contribution < 1.29 is 4.79 Å². The first-order valence-corrected chi connectivity index (χ1v) is 8.16. The van der Waals surface area contributed by atoms with Gasteiger partial charge in [-0.1, -0.05) is 18.9 Å². The molecule has 2 aromatic heterocycles. The number of hydrogen-bond acceptors (Lipinski definition) is 4. The van der Waals surface area contributed by atoms with E-state index in [2.05, 4.69) is 20.2 Å². The molecule has 122 valence electrons. The Bertz CT molecular complexity index is 640. The summed E-state index contributed by atoms with van der Waals surface area (Å²) in [5.74, 6) is 0.911. The van der Waals surface area contributed by atoms with Gasteiger partial charge in [0.2, 0.25) is 5.91 Å². The summed E-state index contributed by atoms with van der Waals surface area (Å²) in [5.41, 5.74) is 0.982. The van der Waals surface area contributed by atoms with E-state index in [0.717, 1.165) is 30.8 Å². The number of rotatable bonds is 4. The number of carbonyl (C=O) groups excluding carboxylic acids is 1. The van der Waals surface area contributed by atoms with E-state index < -0.39 is 0 Å². The highest BCUT2D eigenvalue weighted by Gasteiger charge is 2.24. The minimum atomic E-state index is -0.0223. The van der Waals surface area contributed by atoms with Crippen LogP contribution in [0.25, 0.3) is 5.82 Å². The average Bonchev–Trinajstić information content (AvgIpc) is 3.02. The number of aromatic nitrogens is 3. The molecule has 1 N–H and O–H groups in total. The molecule has 1 aliphatic heterocycles. The molecule has 0 unspecified atom stereocenters. The molecule has 1 saturated heterocycles. The summed E-state index contributed by atoms with van der Waals surface area (Å²) in [7, 11) is 2.04. The molecule has 1 amide bonds. The number of pyridine rings is 1. The Morgan fingerprint density at radius 1 is 1.35 bits per heavy atom. The fourth-order valence-electron chi connectivity index (χ4n) is 3.07. The zero-order valence-electron chi connectivity index (χ0n) is 13.5. The lowest BCUT2D eigenvalue weighted by molar-refractivity contribution is -0.126. The van der Waals surface area contributed by atoms with E-state index >= 15 is 0 Å². The molecule has 1 aliphatic rings. The molecule has 1 fully saturated rings. The van der Waals surface area contributed by atoms with E-state index in [0.29, 0.717) is 6.54 Å². The van der Waals surface area contributed by atoms with Crippen LogP contribution in [0.15, 0.2) is 37.1 Å². The van der Waals surface area contributed by atoms with Crippen LogP contribution >= 0.6 is 0 Å². The van der Waals surface area contributed by atoms with Crippen molar-refractivity contribution in [3.05, 3.63) is 42.6 Å². The molecule has 1 atom stereocenters. The lowest BCUT2D eigenvalue weighted by Crippen LogP contribution is -2.44. The van der Waals surface area contributed by atoms with Gasteiger partial charge in [-0.3, -0.25) is 14.3 Å². The number of imidazole rings is 1. The molecule has 0 saturated carbocycles. The van der Waals surface area contributed by atoms with Gasteiger partial charge in [-0.15, -0.1) is 0 Å². The molecule has 6 nitrogen and oxygen atoms in total. The molecular weight excluding hydrogens is 290 g/mol. The third-order valence-corrected chi connectivity index (χ3v) is 4.39. The SMILES string of the molecule is CN1CCCCC[C@H]1C(=O)NCc1cccnc1-n1ccnc1. The molecular formula is C17H23N5O. The van der Waals surface area contributed by atoms with E-state index in [-0.39, 0.29) is 11.9 Å². The van der Waals surface area contributed by atoms with Crippen molar-refractivity contribution in [2.45, 2.75) is 38.3 Å². The first-order chi connectivity index (χ1) is 11.3. The van der Waals surface area contributed by atoms with E-state index in [9.17, 15) is 4.79 Å². The van der Waals surface area contributed by atoms with E-state index in [1.807, 2.05) is 29.9 Å². The fourth-order valence-corrected chi connectivity index (χ4v) is 3.07. The second-order valence-electron chi connectivity index (χ2n) is 6.02. The van der Waals surface area contributed by atoms with Gasteiger partial charge in [0.1, 0.15) is 12.1 Å². The van der Waals surface area contributed by atoms with Gasteiger partial charge in [0, 0.05) is 30.7 Å². The third-order valence-electron chi connectivity index (χ3n) is 4.39. The van der Waals surface area contributed by atoms with Crippen molar-refractivity contribution in [1.29, 1.82) is 0 Å². The number of likely N-dealkylation sites (N-methyl/N-ethyl adjacent to an activating group) is 1.